The lowest BCUT2D eigenvalue weighted by Gasteiger charge is -2.38. The third-order valence-corrected chi connectivity index (χ3v) is 3.97. The van der Waals surface area contributed by atoms with E-state index in [4.69, 9.17) is 15.2 Å². The van der Waals surface area contributed by atoms with Crippen molar-refractivity contribution in [3.8, 4) is 5.75 Å². The van der Waals surface area contributed by atoms with Gasteiger partial charge in [-0.1, -0.05) is 18.2 Å². The number of ether oxygens (including phenoxy) is 2. The number of morpholine rings is 1. The molecule has 0 spiro atoms. The standard InChI is InChI=1S/C15H20N2O3/c1-10-9-19-12(7-16)8-17(10)15(18)14-6-11-4-2-3-5-13(11)20-14/h2-5,10,12,14H,6-9,16H2,1H3. The minimum absolute atomic E-state index is 0.0375. The summed E-state index contributed by atoms with van der Waals surface area (Å²) < 4.78 is 11.4. The molecular formula is C15H20N2O3. The predicted octanol–water partition coefficient (Wildman–Crippen LogP) is 0.565. The molecule has 2 heterocycles. The number of nitrogens with two attached hydrogens (primary N) is 1. The van der Waals surface area contributed by atoms with Crippen LogP contribution in [-0.2, 0) is 16.0 Å². The van der Waals surface area contributed by atoms with Crippen LogP contribution in [0.15, 0.2) is 24.3 Å². The number of carbonyl (C=O) groups is 1. The van der Waals surface area contributed by atoms with Gasteiger partial charge in [-0.25, -0.2) is 0 Å². The van der Waals surface area contributed by atoms with Gasteiger partial charge in [-0.2, -0.15) is 0 Å². The summed E-state index contributed by atoms with van der Waals surface area (Å²) >= 11 is 0. The lowest BCUT2D eigenvalue weighted by Crippen LogP contribution is -2.56. The predicted molar refractivity (Wildman–Crippen MR) is 74.5 cm³/mol. The van der Waals surface area contributed by atoms with Gasteiger partial charge in [0, 0.05) is 19.5 Å². The van der Waals surface area contributed by atoms with Crippen LogP contribution in [-0.4, -0.2) is 48.8 Å². The van der Waals surface area contributed by atoms with Crippen molar-refractivity contribution in [3.05, 3.63) is 29.8 Å². The Labute approximate surface area is 118 Å². The second-order valence-corrected chi connectivity index (χ2v) is 5.45. The second kappa shape index (κ2) is 5.42. The summed E-state index contributed by atoms with van der Waals surface area (Å²) in [7, 11) is 0. The Morgan fingerprint density at radius 2 is 2.25 bits per heavy atom. The van der Waals surface area contributed by atoms with Crippen molar-refractivity contribution >= 4 is 5.91 Å². The van der Waals surface area contributed by atoms with Gasteiger partial charge >= 0.3 is 0 Å². The zero-order chi connectivity index (χ0) is 14.1. The molecule has 5 heteroatoms. The third-order valence-electron chi connectivity index (χ3n) is 3.97. The highest BCUT2D eigenvalue weighted by Gasteiger charge is 2.37. The number of para-hydroxylation sites is 1. The summed E-state index contributed by atoms with van der Waals surface area (Å²) in [6.07, 6.45) is 0.164. The van der Waals surface area contributed by atoms with Gasteiger partial charge in [0.15, 0.2) is 6.10 Å². The molecule has 0 bridgehead atoms. The molecule has 3 atom stereocenters. The first-order chi connectivity index (χ1) is 9.69. The van der Waals surface area contributed by atoms with Crippen LogP contribution in [0.3, 0.4) is 0 Å². The summed E-state index contributed by atoms with van der Waals surface area (Å²) in [5.74, 6) is 0.859. The van der Waals surface area contributed by atoms with Gasteiger partial charge in [-0.15, -0.1) is 0 Å². The van der Waals surface area contributed by atoms with Crippen LogP contribution in [0.25, 0.3) is 0 Å². The third kappa shape index (κ3) is 2.39. The van der Waals surface area contributed by atoms with Gasteiger partial charge < -0.3 is 20.1 Å². The first-order valence-electron chi connectivity index (χ1n) is 7.05. The lowest BCUT2D eigenvalue weighted by atomic mass is 10.1. The van der Waals surface area contributed by atoms with Crippen LogP contribution in [0, 0.1) is 0 Å². The number of fused-ring (bicyclic) bond motifs is 1. The van der Waals surface area contributed by atoms with Crippen LogP contribution in [0.5, 0.6) is 5.75 Å². The summed E-state index contributed by atoms with van der Waals surface area (Å²) in [5.41, 5.74) is 6.74. The fraction of sp³-hybridized carbons (Fsp3) is 0.533. The molecule has 0 radical (unpaired) electrons. The molecule has 0 saturated carbocycles. The van der Waals surface area contributed by atoms with E-state index >= 15 is 0 Å². The van der Waals surface area contributed by atoms with E-state index < -0.39 is 6.10 Å². The Balaban J connectivity index is 1.70. The second-order valence-electron chi connectivity index (χ2n) is 5.45. The molecule has 3 rings (SSSR count). The van der Waals surface area contributed by atoms with Crippen LogP contribution in [0.1, 0.15) is 12.5 Å². The molecular weight excluding hydrogens is 256 g/mol. The molecule has 0 aromatic heterocycles. The molecule has 1 aromatic carbocycles. The van der Waals surface area contributed by atoms with E-state index in [9.17, 15) is 4.79 Å². The highest BCUT2D eigenvalue weighted by molar-refractivity contribution is 5.83. The van der Waals surface area contributed by atoms with Crippen molar-refractivity contribution in [3.63, 3.8) is 0 Å². The first-order valence-corrected chi connectivity index (χ1v) is 7.05. The van der Waals surface area contributed by atoms with Crippen LogP contribution in [0.2, 0.25) is 0 Å². The average molecular weight is 276 g/mol. The number of hydrogen-bond donors (Lipinski definition) is 1. The number of carbonyl (C=O) groups excluding carboxylic acids is 1. The van der Waals surface area contributed by atoms with Gasteiger partial charge in [-0.3, -0.25) is 4.79 Å². The van der Waals surface area contributed by atoms with Gasteiger partial charge in [0.2, 0.25) is 0 Å². The minimum Gasteiger partial charge on any atom is -0.480 e. The number of amides is 1. The number of benzene rings is 1. The SMILES string of the molecule is CC1COC(CN)CN1C(=O)C1Cc2ccccc2O1. The number of hydrogen-bond acceptors (Lipinski definition) is 4. The maximum atomic E-state index is 12.6. The Hall–Kier alpha value is -1.59. The maximum absolute atomic E-state index is 12.6. The highest BCUT2D eigenvalue weighted by atomic mass is 16.5. The van der Waals surface area contributed by atoms with Crippen molar-refractivity contribution in [2.24, 2.45) is 5.73 Å². The maximum Gasteiger partial charge on any atom is 0.264 e. The van der Waals surface area contributed by atoms with E-state index in [0.717, 1.165) is 11.3 Å². The molecule has 2 aliphatic heterocycles. The van der Waals surface area contributed by atoms with Crippen molar-refractivity contribution in [2.45, 2.75) is 31.6 Å². The van der Waals surface area contributed by atoms with Crippen LogP contribution < -0.4 is 10.5 Å². The molecule has 1 aromatic rings. The Kier molecular flexibility index (Phi) is 3.63. The molecule has 0 aliphatic carbocycles. The fourth-order valence-corrected chi connectivity index (χ4v) is 2.77. The van der Waals surface area contributed by atoms with Crippen molar-refractivity contribution in [1.29, 1.82) is 0 Å². The van der Waals surface area contributed by atoms with Gasteiger partial charge in [0.1, 0.15) is 5.75 Å². The molecule has 1 fully saturated rings. The van der Waals surface area contributed by atoms with E-state index in [1.54, 1.807) is 0 Å². The normalized spacial score (nSPS) is 28.9. The zero-order valence-electron chi connectivity index (χ0n) is 11.6. The molecule has 1 saturated heterocycles. The topological polar surface area (TPSA) is 64.8 Å². The van der Waals surface area contributed by atoms with Gasteiger partial charge in [-0.05, 0) is 18.6 Å². The zero-order valence-corrected chi connectivity index (χ0v) is 11.6. The minimum atomic E-state index is -0.411. The molecule has 108 valence electrons. The van der Waals surface area contributed by atoms with Crippen molar-refractivity contribution < 1.29 is 14.3 Å². The molecule has 3 unspecified atom stereocenters. The molecule has 20 heavy (non-hydrogen) atoms. The monoisotopic (exact) mass is 276 g/mol. The molecule has 1 amide bonds. The van der Waals surface area contributed by atoms with Crippen LogP contribution >= 0.6 is 0 Å². The molecule has 2 N–H and O–H groups in total. The van der Waals surface area contributed by atoms with E-state index in [1.165, 1.54) is 0 Å². The van der Waals surface area contributed by atoms with E-state index in [2.05, 4.69) is 0 Å². The largest absolute Gasteiger partial charge is 0.480 e. The van der Waals surface area contributed by atoms with E-state index in [-0.39, 0.29) is 18.1 Å². The molecule has 5 nitrogen and oxygen atoms in total. The highest BCUT2D eigenvalue weighted by Crippen LogP contribution is 2.29. The van der Waals surface area contributed by atoms with Gasteiger partial charge in [0.25, 0.3) is 5.91 Å². The van der Waals surface area contributed by atoms with E-state index in [1.807, 2.05) is 36.1 Å². The number of rotatable bonds is 2. The van der Waals surface area contributed by atoms with E-state index in [0.29, 0.717) is 26.1 Å². The quantitative estimate of drug-likeness (QED) is 0.857. The lowest BCUT2D eigenvalue weighted by molar-refractivity contribution is -0.150. The summed E-state index contributed by atoms with van der Waals surface area (Å²) in [6.45, 7) is 3.51. The summed E-state index contributed by atoms with van der Waals surface area (Å²) in [4.78, 5) is 14.5. The van der Waals surface area contributed by atoms with Gasteiger partial charge in [0.05, 0.1) is 18.8 Å². The Morgan fingerprint density at radius 1 is 1.45 bits per heavy atom. The molecule has 2 aliphatic rings. The fourth-order valence-electron chi connectivity index (χ4n) is 2.77. The Bertz CT molecular complexity index is 481. The van der Waals surface area contributed by atoms with Crippen molar-refractivity contribution in [2.75, 3.05) is 19.7 Å². The first kappa shape index (κ1) is 13.4. The average Bonchev–Trinajstić information content (AvgIpc) is 2.91. The summed E-state index contributed by atoms with van der Waals surface area (Å²) in [5, 5.41) is 0. The smallest absolute Gasteiger partial charge is 0.264 e. The van der Waals surface area contributed by atoms with Crippen molar-refractivity contribution in [1.82, 2.24) is 4.90 Å². The summed E-state index contributed by atoms with van der Waals surface area (Å²) in [6, 6.07) is 7.88. The Morgan fingerprint density at radius 3 is 3.00 bits per heavy atom. The number of nitrogens with zero attached hydrogens (tertiary/aromatic N) is 1. The van der Waals surface area contributed by atoms with Crippen LogP contribution in [0.4, 0.5) is 0 Å².